The summed E-state index contributed by atoms with van der Waals surface area (Å²) in [6, 6.07) is 25.9. The number of aromatic nitrogens is 1. The van der Waals surface area contributed by atoms with E-state index in [4.69, 9.17) is 11.6 Å². The predicted molar refractivity (Wildman–Crippen MR) is 185 cm³/mol. The number of aryl methyl sites for hydroxylation is 2. The Kier molecular flexibility index (Phi) is 12.2. The van der Waals surface area contributed by atoms with Crippen molar-refractivity contribution in [3.05, 3.63) is 101 Å². The summed E-state index contributed by atoms with van der Waals surface area (Å²) >= 11 is 7.74. The summed E-state index contributed by atoms with van der Waals surface area (Å²) < 4.78 is 1.06. The summed E-state index contributed by atoms with van der Waals surface area (Å²) in [6.07, 6.45) is 4.15. The Balaban J connectivity index is 0.000000233. The standard InChI is InChI=1S/C22H17ClN2O2S.C13H20N2O2/c23-16-12-15(22-25-17-8-4-5-9-19(17)28-22)13-18(21(16)27)24-20(26)11-10-14-6-2-1-3-7-14;1-3-4-5-8-14-13(17)15-11-7-6-10(2)9-12(11)16/h1-9,12-13,27H,10-11H2,(H,24,26);6-7,9,16H,3-5,8H2,1-2H3,(H2,14,15,17). The van der Waals surface area contributed by atoms with Gasteiger partial charge in [0.1, 0.15) is 10.8 Å². The van der Waals surface area contributed by atoms with Crippen LogP contribution in [0.25, 0.3) is 20.8 Å². The molecule has 8 nitrogen and oxygen atoms in total. The molecule has 1 heterocycles. The van der Waals surface area contributed by atoms with E-state index in [-0.39, 0.29) is 28.5 Å². The molecule has 5 aromatic rings. The highest BCUT2D eigenvalue weighted by Gasteiger charge is 2.15. The van der Waals surface area contributed by atoms with Crippen LogP contribution < -0.4 is 16.0 Å². The summed E-state index contributed by atoms with van der Waals surface area (Å²) in [5, 5.41) is 29.0. The summed E-state index contributed by atoms with van der Waals surface area (Å²) in [4.78, 5) is 28.5. The van der Waals surface area contributed by atoms with Crippen molar-refractivity contribution in [2.45, 2.75) is 46.0 Å². The zero-order valence-corrected chi connectivity index (χ0v) is 26.8. The number of para-hydroxylation sites is 1. The quantitative estimate of drug-likeness (QED) is 0.0767. The van der Waals surface area contributed by atoms with Crippen LogP contribution in [0.3, 0.4) is 0 Å². The van der Waals surface area contributed by atoms with Crippen LogP contribution in [0.1, 0.15) is 43.7 Å². The van der Waals surface area contributed by atoms with Crippen LogP contribution in [-0.2, 0) is 11.2 Å². The average molecular weight is 645 g/mol. The lowest BCUT2D eigenvalue weighted by Gasteiger charge is -2.10. The molecule has 1 aromatic heterocycles. The second-order valence-electron chi connectivity index (χ2n) is 10.5. The molecule has 0 bridgehead atoms. The monoisotopic (exact) mass is 644 g/mol. The van der Waals surface area contributed by atoms with Gasteiger partial charge in [0, 0.05) is 18.5 Å². The molecule has 0 aliphatic heterocycles. The van der Waals surface area contributed by atoms with E-state index in [1.54, 1.807) is 24.3 Å². The third-order valence-corrected chi connectivity index (χ3v) is 8.20. The molecule has 0 saturated carbocycles. The van der Waals surface area contributed by atoms with Crippen LogP contribution in [0, 0.1) is 6.92 Å². The molecule has 234 valence electrons. The Morgan fingerprint density at radius 3 is 2.38 bits per heavy atom. The number of halogens is 1. The Morgan fingerprint density at radius 1 is 0.889 bits per heavy atom. The molecule has 0 saturated heterocycles. The lowest BCUT2D eigenvalue weighted by molar-refractivity contribution is -0.116. The molecule has 5 N–H and O–H groups in total. The van der Waals surface area contributed by atoms with E-state index in [0.29, 0.717) is 30.8 Å². The Bertz CT molecular complexity index is 1710. The van der Waals surface area contributed by atoms with Gasteiger partial charge in [-0.05, 0) is 67.3 Å². The maximum Gasteiger partial charge on any atom is 0.319 e. The number of nitrogens with one attached hydrogen (secondary N) is 3. The first-order valence-corrected chi connectivity index (χ1v) is 16.0. The lowest BCUT2D eigenvalue weighted by atomic mass is 10.1. The molecule has 0 spiro atoms. The average Bonchev–Trinajstić information content (AvgIpc) is 3.47. The molecule has 45 heavy (non-hydrogen) atoms. The fourth-order valence-corrected chi connectivity index (χ4v) is 5.59. The molecular formula is C35H37ClN4O4S. The number of urea groups is 1. The first-order chi connectivity index (χ1) is 21.7. The van der Waals surface area contributed by atoms with Crippen molar-refractivity contribution in [1.82, 2.24) is 10.3 Å². The van der Waals surface area contributed by atoms with Gasteiger partial charge < -0.3 is 26.2 Å². The minimum atomic E-state index is -0.278. The number of carbonyl (C=O) groups excluding carboxylic acids is 2. The summed E-state index contributed by atoms with van der Waals surface area (Å²) in [7, 11) is 0. The minimum Gasteiger partial charge on any atom is -0.506 e. The van der Waals surface area contributed by atoms with Gasteiger partial charge in [0.2, 0.25) is 5.91 Å². The van der Waals surface area contributed by atoms with Gasteiger partial charge in [-0.1, -0.05) is 79.9 Å². The van der Waals surface area contributed by atoms with Gasteiger partial charge in [-0.3, -0.25) is 4.79 Å². The number of thiazole rings is 1. The largest absolute Gasteiger partial charge is 0.506 e. The number of carbonyl (C=O) groups is 2. The van der Waals surface area contributed by atoms with Crippen LogP contribution in [-0.4, -0.2) is 33.7 Å². The number of rotatable bonds is 10. The highest BCUT2D eigenvalue weighted by molar-refractivity contribution is 7.21. The normalized spacial score (nSPS) is 10.6. The molecule has 0 unspecified atom stereocenters. The van der Waals surface area contributed by atoms with Gasteiger partial charge in [-0.25, -0.2) is 9.78 Å². The van der Waals surface area contributed by atoms with Gasteiger partial charge in [0.15, 0.2) is 5.75 Å². The first-order valence-electron chi connectivity index (χ1n) is 14.8. The van der Waals surface area contributed by atoms with E-state index in [0.717, 1.165) is 51.2 Å². The second-order valence-corrected chi connectivity index (χ2v) is 11.9. The third-order valence-electron chi connectivity index (χ3n) is 6.83. The highest BCUT2D eigenvalue weighted by Crippen LogP contribution is 2.39. The van der Waals surface area contributed by atoms with Crippen LogP contribution in [0.4, 0.5) is 16.2 Å². The molecule has 4 aromatic carbocycles. The fraction of sp³-hybridized carbons (Fsp3) is 0.229. The van der Waals surface area contributed by atoms with E-state index in [1.807, 2.05) is 67.6 Å². The Labute approximate surface area is 272 Å². The highest BCUT2D eigenvalue weighted by atomic mass is 35.5. The maximum absolute atomic E-state index is 12.4. The molecule has 0 fully saturated rings. The van der Waals surface area contributed by atoms with Crippen molar-refractivity contribution in [3.63, 3.8) is 0 Å². The molecular weight excluding hydrogens is 608 g/mol. The van der Waals surface area contributed by atoms with E-state index in [1.165, 1.54) is 11.3 Å². The van der Waals surface area contributed by atoms with E-state index < -0.39 is 0 Å². The van der Waals surface area contributed by atoms with Crippen molar-refractivity contribution in [2.24, 2.45) is 0 Å². The van der Waals surface area contributed by atoms with E-state index in [9.17, 15) is 19.8 Å². The van der Waals surface area contributed by atoms with Crippen molar-refractivity contribution < 1.29 is 19.8 Å². The molecule has 0 atom stereocenters. The zero-order chi connectivity index (χ0) is 32.2. The fourth-order valence-electron chi connectivity index (χ4n) is 4.42. The molecule has 3 amide bonds. The summed E-state index contributed by atoms with van der Waals surface area (Å²) in [6.45, 7) is 4.66. The number of hydrogen-bond acceptors (Lipinski definition) is 6. The van der Waals surface area contributed by atoms with Gasteiger partial charge >= 0.3 is 6.03 Å². The maximum atomic E-state index is 12.4. The number of benzene rings is 4. The number of phenols is 2. The minimum absolute atomic E-state index is 0.0914. The summed E-state index contributed by atoms with van der Waals surface area (Å²) in [5.41, 5.74) is 4.42. The van der Waals surface area contributed by atoms with Crippen molar-refractivity contribution >= 4 is 56.5 Å². The van der Waals surface area contributed by atoms with Gasteiger partial charge in [0.25, 0.3) is 0 Å². The molecule has 5 rings (SSSR count). The van der Waals surface area contributed by atoms with Crippen LogP contribution in [0.15, 0.2) is 84.9 Å². The smallest absolute Gasteiger partial charge is 0.319 e. The van der Waals surface area contributed by atoms with Crippen molar-refractivity contribution in [2.75, 3.05) is 17.2 Å². The number of anilines is 2. The first kappa shape index (κ1) is 33.3. The Hall–Kier alpha value is -4.60. The number of amides is 3. The van der Waals surface area contributed by atoms with Crippen LogP contribution in [0.5, 0.6) is 11.5 Å². The van der Waals surface area contributed by atoms with Crippen LogP contribution in [0.2, 0.25) is 5.02 Å². The lowest BCUT2D eigenvalue weighted by Crippen LogP contribution is -2.29. The topological polar surface area (TPSA) is 124 Å². The third kappa shape index (κ3) is 9.96. The van der Waals surface area contributed by atoms with E-state index in [2.05, 4.69) is 27.9 Å². The van der Waals surface area contributed by atoms with Gasteiger partial charge in [-0.15, -0.1) is 11.3 Å². The van der Waals surface area contributed by atoms with Crippen molar-refractivity contribution in [1.29, 1.82) is 0 Å². The molecule has 10 heteroatoms. The van der Waals surface area contributed by atoms with Crippen LogP contribution >= 0.6 is 22.9 Å². The molecule has 0 radical (unpaired) electrons. The summed E-state index contributed by atoms with van der Waals surface area (Å²) in [5.74, 6) is -0.232. The Morgan fingerprint density at radius 2 is 1.64 bits per heavy atom. The number of phenolic OH excluding ortho intramolecular Hbond substituents is 2. The van der Waals surface area contributed by atoms with Gasteiger partial charge in [0.05, 0.1) is 26.6 Å². The zero-order valence-electron chi connectivity index (χ0n) is 25.3. The van der Waals surface area contributed by atoms with Crippen molar-refractivity contribution in [3.8, 4) is 22.1 Å². The number of aromatic hydroxyl groups is 2. The number of nitrogens with zero attached hydrogens (tertiary/aromatic N) is 1. The molecule has 0 aliphatic carbocycles. The number of unbranched alkanes of at least 4 members (excludes halogenated alkanes) is 2. The second kappa shape index (κ2) is 16.5. The number of hydrogen-bond donors (Lipinski definition) is 5. The molecule has 0 aliphatic rings. The van der Waals surface area contributed by atoms with Gasteiger partial charge in [-0.2, -0.15) is 0 Å². The number of fused-ring (bicyclic) bond motifs is 1. The predicted octanol–water partition coefficient (Wildman–Crippen LogP) is 8.91. The SMILES string of the molecule is CCCCCNC(=O)Nc1ccc(C)cc1O.O=C(CCc1ccccc1)Nc1cc(-c2nc3ccccc3s2)cc(Cl)c1O. The van der Waals surface area contributed by atoms with E-state index >= 15 is 0 Å².